The van der Waals surface area contributed by atoms with E-state index in [0.29, 0.717) is 5.56 Å². The number of para-hydroxylation sites is 2. The van der Waals surface area contributed by atoms with Gasteiger partial charge in [0.15, 0.2) is 0 Å². The van der Waals surface area contributed by atoms with Crippen molar-refractivity contribution in [3.8, 4) is 0 Å². The Labute approximate surface area is 132 Å². The summed E-state index contributed by atoms with van der Waals surface area (Å²) in [5.41, 5.74) is 3.53. The maximum absolute atomic E-state index is 12.4. The zero-order valence-corrected chi connectivity index (χ0v) is 12.6. The van der Waals surface area contributed by atoms with Crippen LogP contribution in [0.1, 0.15) is 29.1 Å². The zero-order valence-electron chi connectivity index (χ0n) is 12.6. The largest absolute Gasteiger partial charge is 0.361 e. The molecule has 2 aromatic carbocycles. The molecule has 0 saturated carbocycles. The lowest BCUT2D eigenvalue weighted by Crippen LogP contribution is -2.27. The normalized spacial score (nSPS) is 12.6. The number of nitrogens with one attached hydrogen (secondary N) is 3. The number of hydrogen-bond donors (Lipinski definition) is 3. The molecule has 5 nitrogen and oxygen atoms in total. The smallest absolute Gasteiger partial charge is 0.251 e. The van der Waals surface area contributed by atoms with Crippen LogP contribution in [0.25, 0.3) is 21.9 Å². The molecule has 5 heteroatoms. The van der Waals surface area contributed by atoms with Crippen molar-refractivity contribution in [1.29, 1.82) is 0 Å². The Hall–Kier alpha value is -3.08. The summed E-state index contributed by atoms with van der Waals surface area (Å²) in [7, 11) is 0. The van der Waals surface area contributed by atoms with Crippen molar-refractivity contribution in [2.75, 3.05) is 0 Å². The fraction of sp³-hybridized carbons (Fsp3) is 0.111. The highest BCUT2D eigenvalue weighted by Crippen LogP contribution is 2.17. The summed E-state index contributed by atoms with van der Waals surface area (Å²) >= 11 is 0. The topological polar surface area (TPSA) is 73.6 Å². The molecule has 23 heavy (non-hydrogen) atoms. The number of carbonyl (C=O) groups is 1. The van der Waals surface area contributed by atoms with Crippen LogP contribution in [0, 0.1) is 0 Å². The molecule has 0 fully saturated rings. The molecule has 0 radical (unpaired) electrons. The third-order valence-electron chi connectivity index (χ3n) is 3.98. The standard InChI is InChI=1S/C18H16N4O/c1-11(17-21-15-4-2-3-5-16(15)22-17)20-18(23)13-6-7-14-12(10-13)8-9-19-14/h2-11,19H,1H3,(H,20,23)(H,21,22). The van der Waals surface area contributed by atoms with Crippen molar-refractivity contribution in [2.45, 2.75) is 13.0 Å². The number of aromatic nitrogens is 3. The number of carbonyl (C=O) groups excluding carboxylic acids is 1. The number of rotatable bonds is 3. The predicted molar refractivity (Wildman–Crippen MR) is 90.3 cm³/mol. The third kappa shape index (κ3) is 2.46. The maximum Gasteiger partial charge on any atom is 0.251 e. The van der Waals surface area contributed by atoms with Gasteiger partial charge in [-0.05, 0) is 43.3 Å². The van der Waals surface area contributed by atoms with Gasteiger partial charge in [0.05, 0.1) is 17.1 Å². The summed E-state index contributed by atoms with van der Waals surface area (Å²) in [6, 6.07) is 15.2. The van der Waals surface area contributed by atoms with Crippen LogP contribution in [0.3, 0.4) is 0 Å². The molecule has 3 N–H and O–H groups in total. The number of hydrogen-bond acceptors (Lipinski definition) is 2. The molecule has 4 rings (SSSR count). The molecule has 1 amide bonds. The van der Waals surface area contributed by atoms with E-state index in [4.69, 9.17) is 0 Å². The van der Waals surface area contributed by atoms with E-state index < -0.39 is 0 Å². The monoisotopic (exact) mass is 304 g/mol. The fourth-order valence-electron chi connectivity index (χ4n) is 2.72. The average molecular weight is 304 g/mol. The molecule has 4 aromatic rings. The molecular weight excluding hydrogens is 288 g/mol. The van der Waals surface area contributed by atoms with E-state index in [1.165, 1.54) is 0 Å². The van der Waals surface area contributed by atoms with Gasteiger partial charge in [0.2, 0.25) is 0 Å². The molecule has 0 aliphatic rings. The third-order valence-corrected chi connectivity index (χ3v) is 3.98. The highest BCUT2D eigenvalue weighted by molar-refractivity contribution is 5.98. The van der Waals surface area contributed by atoms with Crippen LogP contribution in [0.2, 0.25) is 0 Å². The first-order chi connectivity index (χ1) is 11.2. The Balaban J connectivity index is 1.57. The minimum Gasteiger partial charge on any atom is -0.361 e. The van der Waals surface area contributed by atoms with Gasteiger partial charge >= 0.3 is 0 Å². The van der Waals surface area contributed by atoms with Gasteiger partial charge in [-0.15, -0.1) is 0 Å². The van der Waals surface area contributed by atoms with Crippen molar-refractivity contribution in [3.05, 3.63) is 66.1 Å². The lowest BCUT2D eigenvalue weighted by molar-refractivity contribution is 0.0938. The van der Waals surface area contributed by atoms with Crippen molar-refractivity contribution < 1.29 is 4.79 Å². The molecule has 0 saturated heterocycles. The van der Waals surface area contributed by atoms with E-state index in [1.54, 1.807) is 0 Å². The Kier molecular flexibility index (Phi) is 3.12. The van der Waals surface area contributed by atoms with E-state index in [0.717, 1.165) is 27.8 Å². The second-order valence-electron chi connectivity index (χ2n) is 5.61. The minimum atomic E-state index is -0.197. The second-order valence-corrected chi connectivity index (χ2v) is 5.61. The molecule has 114 valence electrons. The highest BCUT2D eigenvalue weighted by Gasteiger charge is 2.15. The second kappa shape index (κ2) is 5.28. The predicted octanol–water partition coefficient (Wildman–Crippen LogP) is 3.54. The first-order valence-corrected chi connectivity index (χ1v) is 7.53. The number of aromatic amines is 2. The Morgan fingerprint density at radius 1 is 1.13 bits per heavy atom. The van der Waals surface area contributed by atoms with Gasteiger partial charge in [-0.3, -0.25) is 4.79 Å². The number of H-pyrrole nitrogens is 2. The summed E-state index contributed by atoms with van der Waals surface area (Å²) < 4.78 is 0. The van der Waals surface area contributed by atoms with Gasteiger partial charge in [0, 0.05) is 22.7 Å². The molecular formula is C18H16N4O. The lowest BCUT2D eigenvalue weighted by Gasteiger charge is -2.11. The van der Waals surface area contributed by atoms with Crippen molar-refractivity contribution in [3.63, 3.8) is 0 Å². The molecule has 0 aliphatic carbocycles. The summed E-state index contributed by atoms with van der Waals surface area (Å²) in [5.74, 6) is 0.642. The minimum absolute atomic E-state index is 0.110. The van der Waals surface area contributed by atoms with Crippen LogP contribution in [-0.4, -0.2) is 20.9 Å². The maximum atomic E-state index is 12.4. The molecule has 1 atom stereocenters. The number of benzene rings is 2. The Morgan fingerprint density at radius 3 is 2.87 bits per heavy atom. The van der Waals surface area contributed by atoms with Crippen molar-refractivity contribution in [1.82, 2.24) is 20.3 Å². The summed E-state index contributed by atoms with van der Waals surface area (Å²) in [5, 5.41) is 4.01. The Morgan fingerprint density at radius 2 is 2.00 bits per heavy atom. The van der Waals surface area contributed by atoms with Crippen molar-refractivity contribution in [2.24, 2.45) is 0 Å². The van der Waals surface area contributed by atoms with E-state index in [2.05, 4.69) is 20.3 Å². The van der Waals surface area contributed by atoms with E-state index >= 15 is 0 Å². The van der Waals surface area contributed by atoms with Gasteiger partial charge in [-0.1, -0.05) is 12.1 Å². The van der Waals surface area contributed by atoms with Crippen LogP contribution in [0.5, 0.6) is 0 Å². The summed E-state index contributed by atoms with van der Waals surface area (Å²) in [4.78, 5) is 23.3. The van der Waals surface area contributed by atoms with Crippen molar-refractivity contribution >= 4 is 27.8 Å². The lowest BCUT2D eigenvalue weighted by atomic mass is 10.1. The average Bonchev–Trinajstić information content (AvgIpc) is 3.20. The number of imidazole rings is 1. The Bertz CT molecular complexity index is 965. The van der Waals surface area contributed by atoms with E-state index in [1.807, 2.05) is 61.7 Å². The number of fused-ring (bicyclic) bond motifs is 2. The fourth-order valence-corrected chi connectivity index (χ4v) is 2.72. The molecule has 1 unspecified atom stereocenters. The number of amides is 1. The van der Waals surface area contributed by atoms with Crippen LogP contribution >= 0.6 is 0 Å². The van der Waals surface area contributed by atoms with E-state index in [-0.39, 0.29) is 11.9 Å². The van der Waals surface area contributed by atoms with Gasteiger partial charge in [-0.2, -0.15) is 0 Å². The summed E-state index contributed by atoms with van der Waals surface area (Å²) in [6.07, 6.45) is 1.86. The van der Waals surface area contributed by atoms with Crippen LogP contribution in [0.4, 0.5) is 0 Å². The van der Waals surface area contributed by atoms with E-state index in [9.17, 15) is 4.79 Å². The SMILES string of the molecule is CC(NC(=O)c1ccc2[nH]ccc2c1)c1nc2ccccc2[nH]1. The van der Waals surface area contributed by atoms with Crippen LogP contribution in [-0.2, 0) is 0 Å². The first-order valence-electron chi connectivity index (χ1n) is 7.53. The molecule has 0 bridgehead atoms. The van der Waals surface area contributed by atoms with Gasteiger partial charge in [-0.25, -0.2) is 4.98 Å². The van der Waals surface area contributed by atoms with Gasteiger partial charge < -0.3 is 15.3 Å². The zero-order chi connectivity index (χ0) is 15.8. The number of nitrogens with zero attached hydrogens (tertiary/aromatic N) is 1. The summed E-state index contributed by atoms with van der Waals surface area (Å²) in [6.45, 7) is 1.92. The van der Waals surface area contributed by atoms with Gasteiger partial charge in [0.25, 0.3) is 5.91 Å². The molecule has 0 spiro atoms. The highest BCUT2D eigenvalue weighted by atomic mass is 16.1. The first kappa shape index (κ1) is 13.6. The van der Waals surface area contributed by atoms with Crippen LogP contribution in [0.15, 0.2) is 54.7 Å². The molecule has 2 aromatic heterocycles. The van der Waals surface area contributed by atoms with Crippen LogP contribution < -0.4 is 5.32 Å². The van der Waals surface area contributed by atoms with Gasteiger partial charge in [0.1, 0.15) is 5.82 Å². The quantitative estimate of drug-likeness (QED) is 0.541. The molecule has 2 heterocycles. The molecule has 0 aliphatic heterocycles.